The van der Waals surface area contributed by atoms with Crippen molar-refractivity contribution in [2.45, 2.75) is 26.7 Å². The first-order chi connectivity index (χ1) is 11.4. The van der Waals surface area contributed by atoms with E-state index >= 15 is 0 Å². The number of sulfonamides is 1. The molecule has 1 N–H and O–H groups in total. The molecule has 24 heavy (non-hydrogen) atoms. The summed E-state index contributed by atoms with van der Waals surface area (Å²) in [6.07, 6.45) is 1.20. The number of benzene rings is 1. The van der Waals surface area contributed by atoms with E-state index in [0.717, 1.165) is 12.8 Å². The molecule has 2 rings (SSSR count). The van der Waals surface area contributed by atoms with E-state index < -0.39 is 10.0 Å². The van der Waals surface area contributed by atoms with E-state index in [9.17, 15) is 13.2 Å². The Kier molecular flexibility index (Phi) is 6.62. The van der Waals surface area contributed by atoms with Gasteiger partial charge in [-0.05, 0) is 36.8 Å². The number of likely N-dealkylation sites (tertiary alicyclic amines) is 1. The zero-order chi connectivity index (χ0) is 17.6. The monoisotopic (exact) mass is 354 g/mol. The van der Waals surface area contributed by atoms with Crippen LogP contribution in [0.15, 0.2) is 30.3 Å². The van der Waals surface area contributed by atoms with E-state index in [1.165, 1.54) is 0 Å². The normalized spacial score (nSPS) is 16.4. The summed E-state index contributed by atoms with van der Waals surface area (Å²) >= 11 is 0. The lowest BCUT2D eigenvalue weighted by Gasteiger charge is -2.31. The van der Waals surface area contributed by atoms with E-state index in [1.807, 2.05) is 32.0 Å². The molecule has 1 heterocycles. The van der Waals surface area contributed by atoms with Crippen molar-refractivity contribution in [2.75, 3.05) is 25.4 Å². The molecule has 1 fully saturated rings. The molecule has 0 aliphatic carbocycles. The number of carbonyl (C=O) groups is 1. The van der Waals surface area contributed by atoms with Gasteiger partial charge >= 0.3 is 6.09 Å². The summed E-state index contributed by atoms with van der Waals surface area (Å²) in [6.45, 7) is 5.38. The van der Waals surface area contributed by atoms with Gasteiger partial charge in [0.2, 0.25) is 10.0 Å². The smallest absolute Gasteiger partial charge is 0.410 e. The van der Waals surface area contributed by atoms with Crippen molar-refractivity contribution in [3.8, 4) is 5.75 Å². The van der Waals surface area contributed by atoms with Gasteiger partial charge in [0.15, 0.2) is 0 Å². The molecule has 0 aromatic heterocycles. The Morgan fingerprint density at radius 2 is 1.88 bits per heavy atom. The fourth-order valence-corrected chi connectivity index (χ4v) is 4.20. The quantitative estimate of drug-likeness (QED) is 0.851. The molecule has 0 spiro atoms. The van der Waals surface area contributed by atoms with Crippen LogP contribution in [0.5, 0.6) is 5.75 Å². The van der Waals surface area contributed by atoms with Crippen molar-refractivity contribution in [1.29, 1.82) is 0 Å². The van der Waals surface area contributed by atoms with E-state index in [0.29, 0.717) is 25.4 Å². The molecule has 0 saturated carbocycles. The second kappa shape index (κ2) is 8.48. The van der Waals surface area contributed by atoms with Crippen molar-refractivity contribution >= 4 is 16.1 Å². The highest BCUT2D eigenvalue weighted by Gasteiger charge is 2.25. The van der Waals surface area contributed by atoms with Crippen LogP contribution in [0, 0.1) is 11.8 Å². The fraction of sp³-hybridized carbons (Fsp3) is 0.588. The Hall–Kier alpha value is -1.60. The molecule has 0 unspecified atom stereocenters. The molecule has 0 radical (unpaired) electrons. The van der Waals surface area contributed by atoms with Crippen LogP contribution in [0.1, 0.15) is 26.7 Å². The summed E-state index contributed by atoms with van der Waals surface area (Å²) in [4.78, 5) is 13.8. The second-order valence-electron chi connectivity index (χ2n) is 6.64. The van der Waals surface area contributed by atoms with Gasteiger partial charge in [0, 0.05) is 19.6 Å². The van der Waals surface area contributed by atoms with Crippen molar-refractivity contribution in [3.05, 3.63) is 30.3 Å². The summed E-state index contributed by atoms with van der Waals surface area (Å²) in [5.41, 5.74) is 0. The van der Waals surface area contributed by atoms with Gasteiger partial charge in [0.05, 0.1) is 5.75 Å². The molecule has 134 valence electrons. The number of rotatable bonds is 6. The molecular formula is C17H26N2O4S. The molecule has 1 amide bonds. The highest BCUT2D eigenvalue weighted by Crippen LogP contribution is 2.19. The summed E-state index contributed by atoms with van der Waals surface area (Å²) in [5.74, 6) is 1.05. The average molecular weight is 354 g/mol. The van der Waals surface area contributed by atoms with Gasteiger partial charge in [-0.25, -0.2) is 17.9 Å². The van der Waals surface area contributed by atoms with E-state index in [1.54, 1.807) is 17.0 Å². The van der Waals surface area contributed by atoms with Crippen molar-refractivity contribution < 1.29 is 17.9 Å². The number of hydrogen-bond acceptors (Lipinski definition) is 4. The van der Waals surface area contributed by atoms with Crippen LogP contribution in [-0.4, -0.2) is 44.8 Å². The molecule has 6 nitrogen and oxygen atoms in total. The minimum Gasteiger partial charge on any atom is -0.410 e. The Labute approximate surface area is 144 Å². The third-order valence-corrected chi connectivity index (χ3v) is 5.68. The topological polar surface area (TPSA) is 75.7 Å². The first-order valence-electron chi connectivity index (χ1n) is 8.35. The van der Waals surface area contributed by atoms with Crippen molar-refractivity contribution in [2.24, 2.45) is 11.8 Å². The highest BCUT2D eigenvalue weighted by atomic mass is 32.2. The van der Waals surface area contributed by atoms with Gasteiger partial charge in [-0.2, -0.15) is 0 Å². The Balaban J connectivity index is 1.74. The summed E-state index contributed by atoms with van der Waals surface area (Å²) in [5, 5.41) is 0. The van der Waals surface area contributed by atoms with Gasteiger partial charge in [0.25, 0.3) is 0 Å². The highest BCUT2D eigenvalue weighted by molar-refractivity contribution is 7.89. The number of ether oxygens (including phenoxy) is 1. The van der Waals surface area contributed by atoms with Crippen LogP contribution in [0.25, 0.3) is 0 Å². The maximum absolute atomic E-state index is 12.1. The molecule has 1 aliphatic rings. The first-order valence-corrected chi connectivity index (χ1v) is 10.00. The van der Waals surface area contributed by atoms with E-state index in [-0.39, 0.29) is 23.7 Å². The first kappa shape index (κ1) is 18.7. The third-order valence-electron chi connectivity index (χ3n) is 3.97. The zero-order valence-electron chi connectivity index (χ0n) is 14.3. The van der Waals surface area contributed by atoms with Crippen molar-refractivity contribution in [3.63, 3.8) is 0 Å². The Morgan fingerprint density at radius 1 is 1.25 bits per heavy atom. The van der Waals surface area contributed by atoms with E-state index in [2.05, 4.69) is 4.72 Å². The number of carbonyl (C=O) groups excluding carboxylic acids is 1. The van der Waals surface area contributed by atoms with E-state index in [4.69, 9.17) is 4.74 Å². The number of hydrogen-bond donors (Lipinski definition) is 1. The minimum atomic E-state index is -3.21. The number of piperidine rings is 1. The van der Waals surface area contributed by atoms with Crippen molar-refractivity contribution in [1.82, 2.24) is 9.62 Å². The lowest BCUT2D eigenvalue weighted by molar-refractivity contribution is 0.131. The van der Waals surface area contributed by atoms with Crippen LogP contribution in [0.4, 0.5) is 4.79 Å². The standard InChI is InChI=1S/C17H26N2O4S/c1-14(2)13-24(21,22)18-12-15-8-10-19(11-9-15)17(20)23-16-6-4-3-5-7-16/h3-7,14-15,18H,8-13H2,1-2H3. The molecule has 1 aromatic carbocycles. The minimum absolute atomic E-state index is 0.108. The summed E-state index contributed by atoms with van der Waals surface area (Å²) < 4.78 is 31.7. The molecule has 1 aromatic rings. The van der Waals surface area contributed by atoms with Crippen LogP contribution >= 0.6 is 0 Å². The third kappa shape index (κ3) is 6.13. The Bertz CT molecular complexity index is 623. The fourth-order valence-electron chi connectivity index (χ4n) is 2.72. The molecule has 0 bridgehead atoms. The van der Waals surface area contributed by atoms with Gasteiger partial charge in [0.1, 0.15) is 5.75 Å². The van der Waals surface area contributed by atoms with Gasteiger partial charge in [-0.3, -0.25) is 0 Å². The summed E-state index contributed by atoms with van der Waals surface area (Å²) in [7, 11) is -3.21. The predicted octanol–water partition coefficient (Wildman–Crippen LogP) is 2.47. The SMILES string of the molecule is CC(C)CS(=O)(=O)NCC1CCN(C(=O)Oc2ccccc2)CC1. The van der Waals surface area contributed by atoms with Crippen LogP contribution in [-0.2, 0) is 10.0 Å². The molecular weight excluding hydrogens is 328 g/mol. The summed E-state index contributed by atoms with van der Waals surface area (Å²) in [6, 6.07) is 8.99. The van der Waals surface area contributed by atoms with Crippen LogP contribution < -0.4 is 9.46 Å². The molecule has 1 saturated heterocycles. The van der Waals surface area contributed by atoms with Gasteiger partial charge in [-0.1, -0.05) is 32.0 Å². The van der Waals surface area contributed by atoms with Gasteiger partial charge in [-0.15, -0.1) is 0 Å². The van der Waals surface area contributed by atoms with Crippen LogP contribution in [0.2, 0.25) is 0 Å². The lowest BCUT2D eigenvalue weighted by Crippen LogP contribution is -2.43. The second-order valence-corrected chi connectivity index (χ2v) is 8.49. The zero-order valence-corrected chi connectivity index (χ0v) is 15.1. The lowest BCUT2D eigenvalue weighted by atomic mass is 9.97. The van der Waals surface area contributed by atoms with Gasteiger partial charge < -0.3 is 9.64 Å². The maximum atomic E-state index is 12.1. The number of nitrogens with zero attached hydrogens (tertiary/aromatic N) is 1. The molecule has 0 atom stereocenters. The van der Waals surface area contributed by atoms with Crippen LogP contribution in [0.3, 0.4) is 0 Å². The largest absolute Gasteiger partial charge is 0.415 e. The number of nitrogens with one attached hydrogen (secondary N) is 1. The molecule has 1 aliphatic heterocycles. The average Bonchev–Trinajstić information content (AvgIpc) is 2.53. The number of para-hydroxylation sites is 1. The number of amides is 1. The molecule has 7 heteroatoms. The predicted molar refractivity (Wildman–Crippen MR) is 93.4 cm³/mol. The Morgan fingerprint density at radius 3 is 2.46 bits per heavy atom. The maximum Gasteiger partial charge on any atom is 0.415 e.